The van der Waals surface area contributed by atoms with E-state index >= 15 is 0 Å². The largest absolute Gasteiger partial charge is 0.364 e. The van der Waals surface area contributed by atoms with Crippen LogP contribution in [0.4, 0.5) is 11.4 Å². The predicted octanol–water partition coefficient (Wildman–Crippen LogP) is 1.35. The Bertz CT molecular complexity index is 532. The van der Waals surface area contributed by atoms with Crippen molar-refractivity contribution in [3.63, 3.8) is 0 Å². The number of amides is 1. The molecule has 2 atom stereocenters. The molecule has 3 N–H and O–H groups in total. The molecule has 0 unspecified atom stereocenters. The third kappa shape index (κ3) is 3.12. The minimum absolute atomic E-state index is 0.0573. The highest BCUT2D eigenvalue weighted by Gasteiger charge is 2.30. The van der Waals surface area contributed by atoms with Gasteiger partial charge >= 0.3 is 0 Å². The zero-order chi connectivity index (χ0) is 14.7. The van der Waals surface area contributed by atoms with Gasteiger partial charge < -0.3 is 15.8 Å². The van der Waals surface area contributed by atoms with Crippen molar-refractivity contribution >= 4 is 17.3 Å². The number of nitrogens with zero attached hydrogens (tertiary/aromatic N) is 1. The number of hydrogen-bond donors (Lipinski definition) is 2. The Morgan fingerprint density at radius 3 is 2.90 bits per heavy atom. The van der Waals surface area contributed by atoms with Gasteiger partial charge in [0.05, 0.1) is 16.7 Å². The summed E-state index contributed by atoms with van der Waals surface area (Å²) in [5.41, 5.74) is 6.63. The molecule has 1 aliphatic heterocycles. The van der Waals surface area contributed by atoms with Crippen LogP contribution in [0.1, 0.15) is 18.4 Å². The van der Waals surface area contributed by atoms with E-state index in [9.17, 15) is 14.9 Å². The Morgan fingerprint density at radius 2 is 2.30 bits per heavy atom. The van der Waals surface area contributed by atoms with Gasteiger partial charge in [0.2, 0.25) is 0 Å². The molecule has 0 aliphatic carbocycles. The molecule has 20 heavy (non-hydrogen) atoms. The summed E-state index contributed by atoms with van der Waals surface area (Å²) in [5, 5.41) is 13.4. The second kappa shape index (κ2) is 5.98. The van der Waals surface area contributed by atoms with Gasteiger partial charge in [0.15, 0.2) is 0 Å². The predicted molar refractivity (Wildman–Crippen MR) is 73.4 cm³/mol. The average Bonchev–Trinajstić information content (AvgIpc) is 2.89. The van der Waals surface area contributed by atoms with Crippen molar-refractivity contribution in [2.24, 2.45) is 5.73 Å². The lowest BCUT2D eigenvalue weighted by Gasteiger charge is -2.13. The number of ether oxygens (including phenoxy) is 1. The number of non-ortho nitro benzene ring substituents is 1. The number of anilines is 1. The molecule has 1 saturated heterocycles. The van der Waals surface area contributed by atoms with Crippen molar-refractivity contribution in [2.75, 3.05) is 11.9 Å². The number of nitrogens with two attached hydrogens (primary N) is 1. The van der Waals surface area contributed by atoms with Gasteiger partial charge in [-0.25, -0.2) is 0 Å². The second-order valence-corrected chi connectivity index (χ2v) is 4.81. The number of nitro groups is 1. The molecule has 0 radical (unpaired) electrons. The molecule has 108 valence electrons. The summed E-state index contributed by atoms with van der Waals surface area (Å²) in [6.07, 6.45) is 0.739. The van der Waals surface area contributed by atoms with Crippen LogP contribution < -0.4 is 11.1 Å². The Balaban J connectivity index is 2.08. The molecule has 1 heterocycles. The molecular weight excluding hydrogens is 262 g/mol. The van der Waals surface area contributed by atoms with E-state index in [0.717, 1.165) is 12.0 Å². The molecule has 0 bridgehead atoms. The Labute approximate surface area is 116 Å². The molecule has 0 spiro atoms. The quantitative estimate of drug-likeness (QED) is 0.639. The smallest absolute Gasteiger partial charge is 0.271 e. The van der Waals surface area contributed by atoms with E-state index in [1.807, 2.05) is 0 Å². The molecule has 2 rings (SSSR count). The highest BCUT2D eigenvalue weighted by Crippen LogP contribution is 2.24. The highest BCUT2D eigenvalue weighted by molar-refractivity contribution is 5.95. The molecule has 7 heteroatoms. The van der Waals surface area contributed by atoms with Crippen LogP contribution in [0.25, 0.3) is 0 Å². The third-order valence-electron chi connectivity index (χ3n) is 3.35. The zero-order valence-electron chi connectivity index (χ0n) is 11.2. The number of carbonyl (C=O) groups is 1. The average molecular weight is 279 g/mol. The number of hydrogen-bond acceptors (Lipinski definition) is 5. The standard InChI is InChI=1S/C13H17N3O4/c1-8-2-3-9(16(18)19)6-11(8)15-13(17)12-5-4-10(7-14)20-12/h2-3,6,10,12H,4-5,7,14H2,1H3,(H,15,17)/t10-,12+/m1/s1. The van der Waals surface area contributed by atoms with Crippen molar-refractivity contribution in [1.82, 2.24) is 0 Å². The highest BCUT2D eigenvalue weighted by atomic mass is 16.6. The van der Waals surface area contributed by atoms with E-state index < -0.39 is 11.0 Å². The third-order valence-corrected chi connectivity index (χ3v) is 3.35. The maximum absolute atomic E-state index is 12.1. The van der Waals surface area contributed by atoms with E-state index in [-0.39, 0.29) is 17.7 Å². The van der Waals surface area contributed by atoms with Crippen molar-refractivity contribution in [1.29, 1.82) is 0 Å². The molecule has 1 aliphatic rings. The normalized spacial score (nSPS) is 21.7. The number of nitrogens with one attached hydrogen (secondary N) is 1. The van der Waals surface area contributed by atoms with Crippen LogP contribution in [-0.2, 0) is 9.53 Å². The summed E-state index contributed by atoms with van der Waals surface area (Å²) in [6, 6.07) is 4.36. The van der Waals surface area contributed by atoms with Crippen molar-refractivity contribution in [2.45, 2.75) is 32.0 Å². The number of nitro benzene ring substituents is 1. The number of benzene rings is 1. The van der Waals surface area contributed by atoms with Gasteiger partial charge in [-0.3, -0.25) is 14.9 Å². The van der Waals surface area contributed by atoms with E-state index in [2.05, 4.69) is 5.32 Å². The van der Waals surface area contributed by atoms with E-state index in [1.54, 1.807) is 13.0 Å². The summed E-state index contributed by atoms with van der Waals surface area (Å²) in [5.74, 6) is -0.287. The minimum Gasteiger partial charge on any atom is -0.364 e. The number of aryl methyl sites for hydroxylation is 1. The number of rotatable bonds is 4. The van der Waals surface area contributed by atoms with Crippen molar-refractivity contribution in [3.05, 3.63) is 33.9 Å². The SMILES string of the molecule is Cc1ccc([N+](=O)[O-])cc1NC(=O)[C@@H]1CC[C@H](CN)O1. The van der Waals surface area contributed by atoms with Crippen LogP contribution in [0.3, 0.4) is 0 Å². The Hall–Kier alpha value is -1.99. The Kier molecular flexibility index (Phi) is 4.31. The molecule has 1 aromatic carbocycles. The first kappa shape index (κ1) is 14.4. The van der Waals surface area contributed by atoms with Crippen LogP contribution >= 0.6 is 0 Å². The molecule has 0 aromatic heterocycles. The van der Waals surface area contributed by atoms with Gasteiger partial charge in [-0.15, -0.1) is 0 Å². The van der Waals surface area contributed by atoms with Crippen LogP contribution in [0.15, 0.2) is 18.2 Å². The fraction of sp³-hybridized carbons (Fsp3) is 0.462. The minimum atomic E-state index is -0.540. The molecule has 7 nitrogen and oxygen atoms in total. The monoisotopic (exact) mass is 279 g/mol. The lowest BCUT2D eigenvalue weighted by molar-refractivity contribution is -0.384. The summed E-state index contributed by atoms with van der Waals surface area (Å²) in [6.45, 7) is 2.16. The van der Waals surface area contributed by atoms with Gasteiger partial charge in [0.1, 0.15) is 6.10 Å². The molecular formula is C13H17N3O4. The van der Waals surface area contributed by atoms with Gasteiger partial charge in [-0.1, -0.05) is 6.07 Å². The van der Waals surface area contributed by atoms with Gasteiger partial charge in [-0.2, -0.15) is 0 Å². The van der Waals surface area contributed by atoms with Crippen molar-refractivity contribution < 1.29 is 14.5 Å². The van der Waals surface area contributed by atoms with E-state index in [4.69, 9.17) is 10.5 Å². The summed E-state index contributed by atoms with van der Waals surface area (Å²) < 4.78 is 5.49. The molecule has 1 fully saturated rings. The topological polar surface area (TPSA) is 107 Å². The van der Waals surface area contributed by atoms with Gasteiger partial charge in [0, 0.05) is 18.7 Å². The first-order valence-electron chi connectivity index (χ1n) is 6.42. The van der Waals surface area contributed by atoms with Crippen LogP contribution in [0.5, 0.6) is 0 Å². The van der Waals surface area contributed by atoms with Gasteiger partial charge in [0.25, 0.3) is 11.6 Å². The van der Waals surface area contributed by atoms with Crippen LogP contribution in [0.2, 0.25) is 0 Å². The molecule has 0 saturated carbocycles. The summed E-state index contributed by atoms with van der Waals surface area (Å²) >= 11 is 0. The van der Waals surface area contributed by atoms with Crippen molar-refractivity contribution in [3.8, 4) is 0 Å². The van der Waals surface area contributed by atoms with E-state index in [1.165, 1.54) is 12.1 Å². The summed E-state index contributed by atoms with van der Waals surface area (Å²) in [4.78, 5) is 22.3. The fourth-order valence-corrected chi connectivity index (χ4v) is 2.14. The van der Waals surface area contributed by atoms with Crippen LogP contribution in [-0.4, -0.2) is 29.6 Å². The Morgan fingerprint density at radius 1 is 1.55 bits per heavy atom. The zero-order valence-corrected chi connectivity index (χ0v) is 11.2. The lowest BCUT2D eigenvalue weighted by Crippen LogP contribution is -2.30. The maximum atomic E-state index is 12.1. The summed E-state index contributed by atoms with van der Waals surface area (Å²) in [7, 11) is 0. The molecule has 1 aromatic rings. The van der Waals surface area contributed by atoms with Crippen LogP contribution in [0, 0.1) is 17.0 Å². The van der Waals surface area contributed by atoms with E-state index in [0.29, 0.717) is 18.7 Å². The maximum Gasteiger partial charge on any atom is 0.271 e. The fourth-order valence-electron chi connectivity index (χ4n) is 2.14. The lowest BCUT2D eigenvalue weighted by atomic mass is 10.1. The van der Waals surface area contributed by atoms with Gasteiger partial charge in [-0.05, 0) is 25.3 Å². The second-order valence-electron chi connectivity index (χ2n) is 4.81. The number of carbonyl (C=O) groups excluding carboxylic acids is 1. The first-order valence-corrected chi connectivity index (χ1v) is 6.42. The molecule has 1 amide bonds. The first-order chi connectivity index (χ1) is 9.51.